The minimum absolute atomic E-state index is 0.199. The first kappa shape index (κ1) is 14.6. The van der Waals surface area contributed by atoms with E-state index in [0.29, 0.717) is 12.3 Å². The maximum absolute atomic E-state index is 11.6. The van der Waals surface area contributed by atoms with E-state index in [9.17, 15) is 4.79 Å². The molecule has 0 bridgehead atoms. The molecule has 6 heteroatoms. The smallest absolute Gasteiger partial charge is 0.341 e. The van der Waals surface area contributed by atoms with Crippen molar-refractivity contribution in [3.63, 3.8) is 0 Å². The molecule has 1 aromatic rings. The van der Waals surface area contributed by atoms with Crippen LogP contribution >= 0.6 is 11.6 Å². The number of carbonyl (C=O) groups excluding carboxylic acids is 1. The molecule has 0 aromatic heterocycles. The summed E-state index contributed by atoms with van der Waals surface area (Å²) < 4.78 is 15.2. The number of ether oxygens (including phenoxy) is 3. The second-order valence-corrected chi connectivity index (χ2v) is 4.16. The molecule has 100 valence electrons. The third-order valence-electron chi connectivity index (χ3n) is 2.19. The lowest BCUT2D eigenvalue weighted by molar-refractivity contribution is 0.0582. The average molecular weight is 274 g/mol. The van der Waals surface area contributed by atoms with Gasteiger partial charge in [-0.05, 0) is 19.1 Å². The fourth-order valence-electron chi connectivity index (χ4n) is 1.47. The molecule has 1 unspecified atom stereocenters. The molecule has 2 N–H and O–H groups in total. The van der Waals surface area contributed by atoms with Gasteiger partial charge in [0.25, 0.3) is 0 Å². The van der Waals surface area contributed by atoms with E-state index in [1.165, 1.54) is 19.2 Å². The molecule has 1 aromatic carbocycles. The molecule has 1 rings (SSSR count). The van der Waals surface area contributed by atoms with Crippen molar-refractivity contribution < 1.29 is 19.0 Å². The number of anilines is 1. The zero-order chi connectivity index (χ0) is 13.7. The number of halogens is 1. The van der Waals surface area contributed by atoms with Crippen molar-refractivity contribution >= 4 is 23.3 Å². The Kier molecular flexibility index (Phi) is 5.25. The summed E-state index contributed by atoms with van der Waals surface area (Å²) in [4.78, 5) is 11.6. The molecule has 0 spiro atoms. The van der Waals surface area contributed by atoms with Crippen LogP contribution in [0.5, 0.6) is 5.75 Å². The summed E-state index contributed by atoms with van der Waals surface area (Å²) in [5, 5.41) is 0.262. The second kappa shape index (κ2) is 6.47. The minimum Gasteiger partial charge on any atom is -0.486 e. The highest BCUT2D eigenvalue weighted by Crippen LogP contribution is 2.32. The summed E-state index contributed by atoms with van der Waals surface area (Å²) in [6.07, 6.45) is -0.250. The lowest BCUT2D eigenvalue weighted by Gasteiger charge is -2.17. The van der Waals surface area contributed by atoms with Crippen molar-refractivity contribution in [3.8, 4) is 5.75 Å². The first-order valence-corrected chi connectivity index (χ1v) is 5.70. The highest BCUT2D eigenvalue weighted by Gasteiger charge is 2.19. The van der Waals surface area contributed by atoms with Crippen molar-refractivity contribution in [1.82, 2.24) is 0 Å². The second-order valence-electron chi connectivity index (χ2n) is 3.75. The predicted octanol–water partition coefficient (Wildman–Crippen LogP) is 2.12. The van der Waals surface area contributed by atoms with Gasteiger partial charge in [0.05, 0.1) is 18.7 Å². The molecule has 0 fully saturated rings. The molecule has 0 aliphatic rings. The molecule has 0 saturated heterocycles. The summed E-state index contributed by atoms with van der Waals surface area (Å²) in [6, 6.07) is 2.98. The Bertz CT molecular complexity index is 436. The quantitative estimate of drug-likeness (QED) is 0.657. The van der Waals surface area contributed by atoms with Gasteiger partial charge in [-0.25, -0.2) is 4.79 Å². The third kappa shape index (κ3) is 3.51. The van der Waals surface area contributed by atoms with Crippen molar-refractivity contribution in [2.45, 2.75) is 13.0 Å². The van der Waals surface area contributed by atoms with Gasteiger partial charge in [0.2, 0.25) is 0 Å². The third-order valence-corrected chi connectivity index (χ3v) is 2.47. The number of nitrogen functional groups attached to an aromatic ring is 1. The molecule has 0 radical (unpaired) electrons. The van der Waals surface area contributed by atoms with E-state index < -0.39 is 5.97 Å². The molecule has 0 aliphatic carbocycles. The number of carbonyl (C=O) groups is 1. The number of hydrogen-bond donors (Lipinski definition) is 1. The van der Waals surface area contributed by atoms with Crippen molar-refractivity contribution in [2.24, 2.45) is 0 Å². The number of methoxy groups -OCH3 is 2. The van der Waals surface area contributed by atoms with Gasteiger partial charge in [0, 0.05) is 12.8 Å². The van der Waals surface area contributed by atoms with Crippen molar-refractivity contribution in [2.75, 3.05) is 26.6 Å². The van der Waals surface area contributed by atoms with Crippen LogP contribution in [0.15, 0.2) is 12.1 Å². The molecular weight excluding hydrogens is 258 g/mol. The maximum atomic E-state index is 11.6. The van der Waals surface area contributed by atoms with Gasteiger partial charge in [0.15, 0.2) is 5.75 Å². The fraction of sp³-hybridized carbons (Fsp3) is 0.417. The zero-order valence-electron chi connectivity index (χ0n) is 10.5. The minimum atomic E-state index is -0.552. The topological polar surface area (TPSA) is 70.8 Å². The Hall–Kier alpha value is -1.46. The summed E-state index contributed by atoms with van der Waals surface area (Å²) in [5.74, 6) is -0.300. The summed E-state index contributed by atoms with van der Waals surface area (Å²) in [5.41, 5.74) is 6.21. The van der Waals surface area contributed by atoms with Gasteiger partial charge >= 0.3 is 5.97 Å². The predicted molar refractivity (Wildman–Crippen MR) is 69.2 cm³/mol. The van der Waals surface area contributed by atoms with Crippen molar-refractivity contribution in [3.05, 3.63) is 22.7 Å². The van der Waals surface area contributed by atoms with E-state index in [-0.39, 0.29) is 22.4 Å². The Morgan fingerprint density at radius 2 is 2.11 bits per heavy atom. The van der Waals surface area contributed by atoms with Crippen LogP contribution in [0, 0.1) is 0 Å². The Morgan fingerprint density at radius 1 is 1.44 bits per heavy atom. The van der Waals surface area contributed by atoms with E-state index >= 15 is 0 Å². The zero-order valence-corrected chi connectivity index (χ0v) is 11.3. The standard InChI is InChI=1S/C12H16ClNO4/c1-7(6-16-2)18-11-9(12(15)17-3)4-8(14)5-10(11)13/h4-5,7H,6,14H2,1-3H3. The van der Waals surface area contributed by atoms with Crippen molar-refractivity contribution in [1.29, 1.82) is 0 Å². The maximum Gasteiger partial charge on any atom is 0.341 e. The summed E-state index contributed by atoms with van der Waals surface area (Å²) in [7, 11) is 2.84. The van der Waals surface area contributed by atoms with E-state index in [1.807, 2.05) is 0 Å². The van der Waals surface area contributed by atoms with Crippen LogP contribution in [0.25, 0.3) is 0 Å². The number of benzene rings is 1. The van der Waals surface area contributed by atoms with Crippen LogP contribution in [0.2, 0.25) is 5.02 Å². The summed E-state index contributed by atoms with van der Waals surface area (Å²) in [6.45, 7) is 2.18. The van der Waals surface area contributed by atoms with Crippen LogP contribution in [0.1, 0.15) is 17.3 Å². The molecule has 0 saturated carbocycles. The Balaban J connectivity index is 3.11. The number of esters is 1. The number of hydrogen-bond acceptors (Lipinski definition) is 5. The van der Waals surface area contributed by atoms with Crippen LogP contribution < -0.4 is 10.5 Å². The van der Waals surface area contributed by atoms with Crippen LogP contribution in [0.4, 0.5) is 5.69 Å². The molecule has 18 heavy (non-hydrogen) atoms. The van der Waals surface area contributed by atoms with Crippen LogP contribution in [-0.2, 0) is 9.47 Å². The van der Waals surface area contributed by atoms with E-state index in [4.69, 9.17) is 26.8 Å². The molecular formula is C12H16ClNO4. The fourth-order valence-corrected chi connectivity index (χ4v) is 1.74. The van der Waals surface area contributed by atoms with E-state index in [2.05, 4.69) is 4.74 Å². The van der Waals surface area contributed by atoms with E-state index in [0.717, 1.165) is 0 Å². The normalized spacial score (nSPS) is 12.0. The van der Waals surface area contributed by atoms with Gasteiger partial charge in [-0.3, -0.25) is 0 Å². The van der Waals surface area contributed by atoms with Gasteiger partial charge in [0.1, 0.15) is 11.7 Å². The molecule has 5 nitrogen and oxygen atoms in total. The molecule has 0 amide bonds. The van der Waals surface area contributed by atoms with Crippen LogP contribution in [0.3, 0.4) is 0 Å². The molecule has 1 atom stereocenters. The van der Waals surface area contributed by atoms with Gasteiger partial charge in [-0.2, -0.15) is 0 Å². The Morgan fingerprint density at radius 3 is 2.67 bits per heavy atom. The number of nitrogens with two attached hydrogens (primary N) is 1. The highest BCUT2D eigenvalue weighted by atomic mass is 35.5. The lowest BCUT2D eigenvalue weighted by atomic mass is 10.1. The average Bonchev–Trinajstić information content (AvgIpc) is 2.31. The van der Waals surface area contributed by atoms with E-state index in [1.54, 1.807) is 14.0 Å². The van der Waals surface area contributed by atoms with Gasteiger partial charge in [-0.1, -0.05) is 11.6 Å². The first-order valence-electron chi connectivity index (χ1n) is 5.32. The monoisotopic (exact) mass is 273 g/mol. The first-order chi connectivity index (χ1) is 8.49. The molecule has 0 aliphatic heterocycles. The largest absolute Gasteiger partial charge is 0.486 e. The lowest BCUT2D eigenvalue weighted by Crippen LogP contribution is -2.20. The van der Waals surface area contributed by atoms with Crippen LogP contribution in [-0.4, -0.2) is 32.9 Å². The van der Waals surface area contributed by atoms with Gasteiger partial charge < -0.3 is 19.9 Å². The number of rotatable bonds is 5. The summed E-state index contributed by atoms with van der Waals surface area (Å²) >= 11 is 6.03. The Labute approximate surface area is 111 Å². The van der Waals surface area contributed by atoms with Gasteiger partial charge in [-0.15, -0.1) is 0 Å². The highest BCUT2D eigenvalue weighted by molar-refractivity contribution is 6.33. The molecule has 0 heterocycles. The SMILES string of the molecule is COCC(C)Oc1c(Cl)cc(N)cc1C(=O)OC.